The second kappa shape index (κ2) is 11.1. The molecule has 0 unspecified atom stereocenters. The van der Waals surface area contributed by atoms with E-state index in [1.165, 1.54) is 32.6 Å². The van der Waals surface area contributed by atoms with E-state index < -0.39 is 5.69 Å². The number of rotatable bonds is 10. The Morgan fingerprint density at radius 3 is 2.50 bits per heavy atom. The van der Waals surface area contributed by atoms with Gasteiger partial charge in [0.05, 0.1) is 12.1 Å². The Balaban J connectivity index is 1.37. The molecule has 2 aromatic heterocycles. The van der Waals surface area contributed by atoms with Gasteiger partial charge < -0.3 is 5.32 Å². The molecule has 1 amide bonds. The lowest BCUT2D eigenvalue weighted by Gasteiger charge is -2.12. The van der Waals surface area contributed by atoms with Crippen molar-refractivity contribution < 1.29 is 9.18 Å². The van der Waals surface area contributed by atoms with Crippen LogP contribution in [0.3, 0.4) is 0 Å². The van der Waals surface area contributed by atoms with Crippen LogP contribution in [0.25, 0.3) is 10.2 Å². The van der Waals surface area contributed by atoms with Crippen molar-refractivity contribution in [3.05, 3.63) is 104 Å². The SMILES string of the molecule is O=C(CCCCCn1c(=O)c2sccc2n(Cc2cccc(F)c2)c1=O)NCc1ccccc1. The summed E-state index contributed by atoms with van der Waals surface area (Å²) in [5.74, 6) is -0.383. The monoisotopic (exact) mass is 479 g/mol. The highest BCUT2D eigenvalue weighted by Crippen LogP contribution is 2.17. The summed E-state index contributed by atoms with van der Waals surface area (Å²) in [5.41, 5.74) is 1.57. The van der Waals surface area contributed by atoms with Gasteiger partial charge in [0.15, 0.2) is 0 Å². The van der Waals surface area contributed by atoms with Crippen molar-refractivity contribution in [1.29, 1.82) is 0 Å². The van der Waals surface area contributed by atoms with Gasteiger partial charge in [-0.15, -0.1) is 11.3 Å². The lowest BCUT2D eigenvalue weighted by atomic mass is 10.1. The van der Waals surface area contributed by atoms with Crippen LogP contribution in [0.4, 0.5) is 4.39 Å². The topological polar surface area (TPSA) is 73.1 Å². The minimum Gasteiger partial charge on any atom is -0.352 e. The Labute approximate surface area is 200 Å². The Morgan fingerprint density at radius 1 is 0.912 bits per heavy atom. The van der Waals surface area contributed by atoms with Gasteiger partial charge in [-0.25, -0.2) is 9.18 Å². The summed E-state index contributed by atoms with van der Waals surface area (Å²) in [6, 6.07) is 17.6. The highest BCUT2D eigenvalue weighted by molar-refractivity contribution is 7.17. The van der Waals surface area contributed by atoms with E-state index in [-0.39, 0.29) is 30.4 Å². The number of amides is 1. The maximum absolute atomic E-state index is 13.6. The molecule has 0 spiro atoms. The van der Waals surface area contributed by atoms with E-state index in [1.807, 2.05) is 30.3 Å². The molecule has 4 rings (SSSR count). The van der Waals surface area contributed by atoms with Crippen LogP contribution in [-0.2, 0) is 24.4 Å². The molecule has 176 valence electrons. The largest absolute Gasteiger partial charge is 0.352 e. The molecule has 34 heavy (non-hydrogen) atoms. The third kappa shape index (κ3) is 5.69. The molecular weight excluding hydrogens is 453 g/mol. The summed E-state index contributed by atoms with van der Waals surface area (Å²) in [5, 5.41) is 4.69. The summed E-state index contributed by atoms with van der Waals surface area (Å²) in [4.78, 5) is 38.1. The number of halogens is 1. The van der Waals surface area contributed by atoms with Crippen molar-refractivity contribution in [3.8, 4) is 0 Å². The van der Waals surface area contributed by atoms with Gasteiger partial charge in [0, 0.05) is 19.5 Å². The molecule has 4 aromatic rings. The average Bonchev–Trinajstić information content (AvgIpc) is 3.33. The maximum Gasteiger partial charge on any atom is 0.331 e. The number of aromatic nitrogens is 2. The van der Waals surface area contributed by atoms with E-state index >= 15 is 0 Å². The summed E-state index contributed by atoms with van der Waals surface area (Å²) < 4.78 is 16.9. The number of hydrogen-bond acceptors (Lipinski definition) is 4. The van der Waals surface area contributed by atoms with E-state index in [0.29, 0.717) is 41.6 Å². The molecule has 2 heterocycles. The maximum atomic E-state index is 13.6. The third-order valence-electron chi connectivity index (χ3n) is 5.68. The van der Waals surface area contributed by atoms with Crippen molar-refractivity contribution >= 4 is 27.5 Å². The molecule has 6 nitrogen and oxygen atoms in total. The van der Waals surface area contributed by atoms with Gasteiger partial charge in [-0.1, -0.05) is 48.9 Å². The minimum atomic E-state index is -0.402. The highest BCUT2D eigenvalue weighted by Gasteiger charge is 2.14. The zero-order valence-corrected chi connectivity index (χ0v) is 19.5. The van der Waals surface area contributed by atoms with E-state index in [4.69, 9.17) is 0 Å². The molecule has 0 aliphatic rings. The van der Waals surface area contributed by atoms with Crippen molar-refractivity contribution in [2.75, 3.05) is 0 Å². The predicted octanol–water partition coefficient (Wildman–Crippen LogP) is 4.29. The summed E-state index contributed by atoms with van der Waals surface area (Å²) in [7, 11) is 0. The van der Waals surface area contributed by atoms with Gasteiger partial charge in [-0.3, -0.25) is 18.7 Å². The van der Waals surface area contributed by atoms with E-state index in [2.05, 4.69) is 5.32 Å². The number of carbonyl (C=O) groups is 1. The van der Waals surface area contributed by atoms with Crippen molar-refractivity contribution in [2.24, 2.45) is 0 Å². The van der Waals surface area contributed by atoms with Gasteiger partial charge in [-0.2, -0.15) is 0 Å². The Bertz CT molecular complexity index is 1390. The van der Waals surface area contributed by atoms with Crippen molar-refractivity contribution in [3.63, 3.8) is 0 Å². The first-order valence-corrected chi connectivity index (χ1v) is 12.2. The number of benzene rings is 2. The molecule has 0 aliphatic carbocycles. The first kappa shape index (κ1) is 23.6. The summed E-state index contributed by atoms with van der Waals surface area (Å²) in [6.07, 6.45) is 2.40. The van der Waals surface area contributed by atoms with Crippen LogP contribution in [0.15, 0.2) is 75.6 Å². The molecule has 0 radical (unpaired) electrons. The summed E-state index contributed by atoms with van der Waals surface area (Å²) in [6.45, 7) is 0.965. The van der Waals surface area contributed by atoms with Gasteiger partial charge in [0.2, 0.25) is 5.91 Å². The Morgan fingerprint density at radius 2 is 1.71 bits per heavy atom. The van der Waals surface area contributed by atoms with Gasteiger partial charge in [0.25, 0.3) is 5.56 Å². The number of nitrogens with one attached hydrogen (secondary N) is 1. The fourth-order valence-corrected chi connectivity index (χ4v) is 4.76. The van der Waals surface area contributed by atoms with Crippen LogP contribution in [0.5, 0.6) is 0 Å². The standard InChI is InChI=1S/C26H26FN3O3S/c27-21-11-7-10-20(16-21)18-30-22-13-15-34-24(22)25(32)29(26(30)33)14-6-2-5-12-23(31)28-17-19-8-3-1-4-9-19/h1,3-4,7-11,13,15-16H,2,5-6,12,14,17-18H2,(H,28,31). The van der Waals surface area contributed by atoms with Crippen molar-refractivity contribution in [1.82, 2.24) is 14.5 Å². The number of fused-ring (bicyclic) bond motifs is 1. The van der Waals surface area contributed by atoms with E-state index in [1.54, 1.807) is 23.6 Å². The van der Waals surface area contributed by atoms with Crippen LogP contribution >= 0.6 is 11.3 Å². The predicted molar refractivity (Wildman–Crippen MR) is 133 cm³/mol. The summed E-state index contributed by atoms with van der Waals surface area (Å²) >= 11 is 1.30. The number of thiophene rings is 1. The van der Waals surface area contributed by atoms with Crippen LogP contribution in [0, 0.1) is 5.82 Å². The first-order valence-electron chi connectivity index (χ1n) is 11.3. The van der Waals surface area contributed by atoms with Crippen LogP contribution in [0.2, 0.25) is 0 Å². The fraction of sp³-hybridized carbons (Fsp3) is 0.269. The lowest BCUT2D eigenvalue weighted by Crippen LogP contribution is -2.39. The number of nitrogens with zero attached hydrogens (tertiary/aromatic N) is 2. The second-order valence-corrected chi connectivity index (χ2v) is 9.08. The average molecular weight is 480 g/mol. The molecule has 0 bridgehead atoms. The van der Waals surface area contributed by atoms with Gasteiger partial charge >= 0.3 is 5.69 Å². The van der Waals surface area contributed by atoms with Crippen LogP contribution < -0.4 is 16.6 Å². The molecule has 0 saturated carbocycles. The van der Waals surface area contributed by atoms with Crippen molar-refractivity contribution in [2.45, 2.75) is 45.3 Å². The first-order chi connectivity index (χ1) is 16.5. The third-order valence-corrected chi connectivity index (χ3v) is 6.58. The quantitative estimate of drug-likeness (QED) is 0.345. The second-order valence-electron chi connectivity index (χ2n) is 8.16. The molecule has 1 N–H and O–H groups in total. The van der Waals surface area contributed by atoms with Crippen LogP contribution in [-0.4, -0.2) is 15.0 Å². The van der Waals surface area contributed by atoms with E-state index in [9.17, 15) is 18.8 Å². The normalized spacial score (nSPS) is 11.1. The molecule has 0 fully saturated rings. The van der Waals surface area contributed by atoms with Gasteiger partial charge in [-0.05, 0) is 47.5 Å². The number of unbranched alkanes of at least 4 members (excludes halogenated alkanes) is 2. The fourth-order valence-electron chi connectivity index (χ4n) is 3.92. The molecular formula is C26H26FN3O3S. The lowest BCUT2D eigenvalue weighted by molar-refractivity contribution is -0.121. The molecule has 0 saturated heterocycles. The zero-order chi connectivity index (χ0) is 23.9. The van der Waals surface area contributed by atoms with E-state index in [0.717, 1.165) is 12.0 Å². The van der Waals surface area contributed by atoms with Crippen LogP contribution in [0.1, 0.15) is 36.8 Å². The molecule has 8 heteroatoms. The Hall–Kier alpha value is -3.52. The molecule has 0 atom stereocenters. The zero-order valence-electron chi connectivity index (χ0n) is 18.7. The Kier molecular flexibility index (Phi) is 7.69. The molecule has 0 aliphatic heterocycles. The smallest absolute Gasteiger partial charge is 0.331 e. The highest BCUT2D eigenvalue weighted by atomic mass is 32.1. The minimum absolute atomic E-state index is 0.0153. The molecule has 2 aromatic carbocycles. The number of hydrogen-bond donors (Lipinski definition) is 1. The van der Waals surface area contributed by atoms with Gasteiger partial charge in [0.1, 0.15) is 10.5 Å². The number of carbonyl (C=O) groups excluding carboxylic acids is 1.